The van der Waals surface area contributed by atoms with Crippen LogP contribution in [0.4, 0.5) is 0 Å². The second-order valence-corrected chi connectivity index (χ2v) is 2.36. The summed E-state index contributed by atoms with van der Waals surface area (Å²) in [6.07, 6.45) is 2.18. The summed E-state index contributed by atoms with van der Waals surface area (Å²) in [4.78, 5) is 10.4. The Morgan fingerprint density at radius 3 is 3.18 bits per heavy atom. The molecular weight excluding hydrogens is 148 g/mol. The van der Waals surface area contributed by atoms with Gasteiger partial charge in [-0.1, -0.05) is 0 Å². The van der Waals surface area contributed by atoms with Crippen LogP contribution in [0.25, 0.3) is 0 Å². The molecular formula is C7H6O4. The molecule has 4 nitrogen and oxygen atoms in total. The van der Waals surface area contributed by atoms with Crippen LogP contribution in [0.5, 0.6) is 0 Å². The number of hydrogen-bond acceptors (Lipinski definition) is 3. The molecule has 0 spiro atoms. The highest BCUT2D eigenvalue weighted by Crippen LogP contribution is 2.27. The zero-order valence-electron chi connectivity index (χ0n) is 5.61. The summed E-state index contributed by atoms with van der Waals surface area (Å²) in [5.74, 6) is -0.412. The van der Waals surface area contributed by atoms with Gasteiger partial charge in [-0.15, -0.1) is 0 Å². The van der Waals surface area contributed by atoms with E-state index in [1.54, 1.807) is 6.08 Å². The van der Waals surface area contributed by atoms with Crippen LogP contribution in [0.1, 0.15) is 0 Å². The fourth-order valence-electron chi connectivity index (χ4n) is 1.06. The van der Waals surface area contributed by atoms with Crippen molar-refractivity contribution in [2.24, 2.45) is 0 Å². The quantitative estimate of drug-likeness (QED) is 0.588. The Morgan fingerprint density at radius 2 is 2.55 bits per heavy atom. The van der Waals surface area contributed by atoms with Gasteiger partial charge in [0.25, 0.3) is 0 Å². The Morgan fingerprint density at radius 1 is 1.73 bits per heavy atom. The molecule has 1 atom stereocenters. The molecule has 0 fully saturated rings. The lowest BCUT2D eigenvalue weighted by Gasteiger charge is -2.02. The van der Waals surface area contributed by atoms with Gasteiger partial charge < -0.3 is 14.6 Å². The number of aliphatic carboxylic acids is 1. The van der Waals surface area contributed by atoms with Crippen molar-refractivity contribution in [3.63, 3.8) is 0 Å². The summed E-state index contributed by atoms with van der Waals surface area (Å²) in [7, 11) is 0. The third-order valence-electron chi connectivity index (χ3n) is 1.60. The van der Waals surface area contributed by atoms with Crippen LogP contribution < -0.4 is 0 Å². The van der Waals surface area contributed by atoms with E-state index in [-0.39, 0.29) is 0 Å². The molecule has 0 saturated carbocycles. The largest absolute Gasteiger partial charge is 0.493 e. The summed E-state index contributed by atoms with van der Waals surface area (Å²) in [6.45, 7) is 0.430. The predicted molar refractivity (Wildman–Crippen MR) is 34.6 cm³/mol. The van der Waals surface area contributed by atoms with Crippen LogP contribution in [-0.2, 0) is 14.3 Å². The molecule has 0 aromatic heterocycles. The molecule has 0 bridgehead atoms. The lowest BCUT2D eigenvalue weighted by Crippen LogP contribution is -2.16. The molecule has 2 heterocycles. The lowest BCUT2D eigenvalue weighted by molar-refractivity contribution is -0.144. The van der Waals surface area contributed by atoms with Gasteiger partial charge in [-0.3, -0.25) is 0 Å². The molecule has 1 unspecified atom stereocenters. The average Bonchev–Trinajstić information content (AvgIpc) is 2.40. The molecule has 0 saturated heterocycles. The number of carbonyl (C=O) groups is 1. The maximum atomic E-state index is 10.4. The molecule has 1 N–H and O–H groups in total. The first-order valence-corrected chi connectivity index (χ1v) is 3.19. The fraction of sp³-hybridized carbons (Fsp3) is 0.286. The molecule has 0 radical (unpaired) electrons. The van der Waals surface area contributed by atoms with Gasteiger partial charge in [0.05, 0.1) is 0 Å². The summed E-state index contributed by atoms with van der Waals surface area (Å²) >= 11 is 0. The van der Waals surface area contributed by atoms with E-state index < -0.39 is 12.1 Å². The van der Waals surface area contributed by atoms with Gasteiger partial charge >= 0.3 is 5.97 Å². The van der Waals surface area contributed by atoms with E-state index in [0.29, 0.717) is 12.4 Å². The molecule has 58 valence electrons. The van der Waals surface area contributed by atoms with Crippen molar-refractivity contribution in [3.05, 3.63) is 23.7 Å². The van der Waals surface area contributed by atoms with E-state index in [1.807, 2.05) is 0 Å². The average molecular weight is 154 g/mol. The van der Waals surface area contributed by atoms with Crippen LogP contribution in [0.2, 0.25) is 0 Å². The van der Waals surface area contributed by atoms with Crippen molar-refractivity contribution < 1.29 is 19.4 Å². The van der Waals surface area contributed by atoms with Crippen LogP contribution in [0.3, 0.4) is 0 Å². The first-order chi connectivity index (χ1) is 5.27. The van der Waals surface area contributed by atoms with Gasteiger partial charge in [-0.05, 0) is 6.08 Å². The van der Waals surface area contributed by atoms with E-state index in [9.17, 15) is 4.79 Å². The first kappa shape index (κ1) is 6.27. The van der Waals surface area contributed by atoms with E-state index >= 15 is 0 Å². The monoisotopic (exact) mass is 154 g/mol. The molecule has 0 aromatic carbocycles. The Bertz CT molecular complexity index is 264. The summed E-state index contributed by atoms with van der Waals surface area (Å²) in [6, 6.07) is 0. The van der Waals surface area contributed by atoms with Crippen molar-refractivity contribution in [3.8, 4) is 0 Å². The van der Waals surface area contributed by atoms with Gasteiger partial charge in [-0.25, -0.2) is 4.79 Å². The number of carboxylic acid groups (broad SMARTS) is 1. The lowest BCUT2D eigenvalue weighted by atomic mass is 10.2. The second-order valence-electron chi connectivity index (χ2n) is 2.36. The minimum Gasteiger partial charge on any atom is -0.493 e. The number of hydrogen-bond donors (Lipinski definition) is 1. The van der Waals surface area contributed by atoms with E-state index in [1.165, 1.54) is 6.26 Å². The molecule has 11 heavy (non-hydrogen) atoms. The third kappa shape index (κ3) is 0.869. The third-order valence-corrected chi connectivity index (χ3v) is 1.60. The minimum absolute atomic E-state index is 0.430. The highest BCUT2D eigenvalue weighted by molar-refractivity contribution is 5.76. The molecule has 2 rings (SSSR count). The Hall–Kier alpha value is -1.45. The molecule has 4 heteroatoms. The minimum atomic E-state index is -0.965. The standard InChI is InChI=1S/C7H6O4/c8-7(9)5-1-4-2-10-3-6(4)11-5/h1,3,5H,2H2,(H,8,9). The molecule has 0 aliphatic carbocycles. The van der Waals surface area contributed by atoms with Crippen LogP contribution in [0.15, 0.2) is 23.7 Å². The number of carboxylic acids is 1. The highest BCUT2D eigenvalue weighted by Gasteiger charge is 2.30. The highest BCUT2D eigenvalue weighted by atomic mass is 16.5. The van der Waals surface area contributed by atoms with Gasteiger partial charge in [-0.2, -0.15) is 0 Å². The van der Waals surface area contributed by atoms with Crippen molar-refractivity contribution >= 4 is 5.97 Å². The van der Waals surface area contributed by atoms with Crippen molar-refractivity contribution in [2.75, 3.05) is 6.61 Å². The van der Waals surface area contributed by atoms with E-state index in [2.05, 4.69) is 0 Å². The molecule has 0 amide bonds. The zero-order valence-corrected chi connectivity index (χ0v) is 5.61. The van der Waals surface area contributed by atoms with Crippen molar-refractivity contribution in [1.29, 1.82) is 0 Å². The number of rotatable bonds is 1. The smallest absolute Gasteiger partial charge is 0.349 e. The topological polar surface area (TPSA) is 55.8 Å². The van der Waals surface area contributed by atoms with Crippen molar-refractivity contribution in [1.82, 2.24) is 0 Å². The SMILES string of the molecule is O=C(O)C1C=C2COC=C2O1. The fourth-order valence-corrected chi connectivity index (χ4v) is 1.06. The van der Waals surface area contributed by atoms with Crippen molar-refractivity contribution in [2.45, 2.75) is 6.10 Å². The van der Waals surface area contributed by atoms with Gasteiger partial charge in [0.1, 0.15) is 12.9 Å². The molecule has 2 aliphatic heterocycles. The van der Waals surface area contributed by atoms with Gasteiger partial charge in [0.15, 0.2) is 5.76 Å². The molecule has 0 aromatic rings. The van der Waals surface area contributed by atoms with Crippen LogP contribution in [0, 0.1) is 0 Å². The Labute approximate surface area is 62.7 Å². The van der Waals surface area contributed by atoms with Gasteiger partial charge in [0.2, 0.25) is 6.10 Å². The number of ether oxygens (including phenoxy) is 2. The predicted octanol–water partition coefficient (Wildman–Crippen LogP) is 0.268. The summed E-state index contributed by atoms with van der Waals surface area (Å²) in [5.41, 5.74) is 0.831. The Balaban J connectivity index is 2.21. The maximum Gasteiger partial charge on any atom is 0.349 e. The summed E-state index contributed by atoms with van der Waals surface area (Å²) in [5, 5.41) is 8.53. The van der Waals surface area contributed by atoms with Crippen LogP contribution in [-0.4, -0.2) is 23.8 Å². The van der Waals surface area contributed by atoms with Gasteiger partial charge in [0, 0.05) is 5.57 Å². The second kappa shape index (κ2) is 2.02. The normalized spacial score (nSPS) is 26.4. The van der Waals surface area contributed by atoms with E-state index in [4.69, 9.17) is 14.6 Å². The maximum absolute atomic E-state index is 10.4. The van der Waals surface area contributed by atoms with E-state index in [0.717, 1.165) is 5.57 Å². The van der Waals surface area contributed by atoms with Crippen LogP contribution >= 0.6 is 0 Å². The zero-order chi connectivity index (χ0) is 7.84. The first-order valence-electron chi connectivity index (χ1n) is 3.19. The Kier molecular flexibility index (Phi) is 1.15. The molecule has 2 aliphatic rings. The summed E-state index contributed by atoms with van der Waals surface area (Å²) < 4.78 is 9.88. The number of fused-ring (bicyclic) bond motifs is 1.